The van der Waals surface area contributed by atoms with Gasteiger partial charge in [-0.15, -0.1) is 0 Å². The van der Waals surface area contributed by atoms with E-state index in [1.807, 2.05) is 0 Å². The van der Waals surface area contributed by atoms with Crippen molar-refractivity contribution in [1.82, 2.24) is 5.32 Å². The number of furan rings is 1. The van der Waals surface area contributed by atoms with Crippen LogP contribution in [0.2, 0.25) is 10.0 Å². The van der Waals surface area contributed by atoms with E-state index in [4.69, 9.17) is 27.6 Å². The fourth-order valence-corrected chi connectivity index (χ4v) is 1.93. The standard InChI is InChI=1S/C14H12Cl2N2O3/c15-9-3-4-11(16)12(6-9)18-14(20)7-13(19)17-8-10-2-1-5-21-10/h1-6H,7-8H2,(H,17,19)(H,18,20). The third-order valence-corrected chi connectivity index (χ3v) is 3.13. The Kier molecular flexibility index (Phi) is 5.25. The van der Waals surface area contributed by atoms with Gasteiger partial charge in [-0.25, -0.2) is 0 Å². The number of carbonyl (C=O) groups excluding carboxylic acids is 2. The quantitative estimate of drug-likeness (QED) is 0.828. The van der Waals surface area contributed by atoms with Crippen LogP contribution in [-0.2, 0) is 16.1 Å². The van der Waals surface area contributed by atoms with Gasteiger partial charge in [-0.1, -0.05) is 23.2 Å². The van der Waals surface area contributed by atoms with E-state index in [1.54, 1.807) is 24.3 Å². The van der Waals surface area contributed by atoms with Crippen molar-refractivity contribution in [3.8, 4) is 0 Å². The average molecular weight is 327 g/mol. The molecule has 0 atom stereocenters. The number of nitrogens with one attached hydrogen (secondary N) is 2. The highest BCUT2D eigenvalue weighted by Crippen LogP contribution is 2.25. The minimum atomic E-state index is -0.476. The molecule has 2 rings (SSSR count). The smallest absolute Gasteiger partial charge is 0.233 e. The van der Waals surface area contributed by atoms with Gasteiger partial charge in [0.1, 0.15) is 12.2 Å². The molecule has 0 aliphatic carbocycles. The molecule has 1 aromatic carbocycles. The van der Waals surface area contributed by atoms with Gasteiger partial charge in [-0.05, 0) is 30.3 Å². The Balaban J connectivity index is 1.83. The van der Waals surface area contributed by atoms with Gasteiger partial charge < -0.3 is 15.1 Å². The minimum Gasteiger partial charge on any atom is -0.467 e. The summed E-state index contributed by atoms with van der Waals surface area (Å²) < 4.78 is 5.07. The van der Waals surface area contributed by atoms with Crippen LogP contribution in [0.3, 0.4) is 0 Å². The fourth-order valence-electron chi connectivity index (χ4n) is 1.59. The van der Waals surface area contributed by atoms with Crippen molar-refractivity contribution in [2.24, 2.45) is 0 Å². The SMILES string of the molecule is O=C(CC(=O)Nc1cc(Cl)ccc1Cl)NCc1ccco1. The van der Waals surface area contributed by atoms with Crippen LogP contribution >= 0.6 is 23.2 Å². The number of anilines is 1. The summed E-state index contributed by atoms with van der Waals surface area (Å²) in [7, 11) is 0. The molecule has 110 valence electrons. The van der Waals surface area contributed by atoms with Crippen LogP contribution in [0, 0.1) is 0 Å². The number of hydrogen-bond donors (Lipinski definition) is 2. The first-order chi connectivity index (χ1) is 10.0. The molecule has 2 amide bonds. The topological polar surface area (TPSA) is 71.3 Å². The molecule has 0 aliphatic rings. The lowest BCUT2D eigenvalue weighted by Gasteiger charge is -2.08. The third kappa shape index (κ3) is 4.81. The molecular formula is C14H12Cl2N2O3. The highest BCUT2D eigenvalue weighted by molar-refractivity contribution is 6.35. The van der Waals surface area contributed by atoms with Crippen molar-refractivity contribution in [3.63, 3.8) is 0 Å². The monoisotopic (exact) mass is 326 g/mol. The first kappa shape index (κ1) is 15.4. The van der Waals surface area contributed by atoms with Gasteiger partial charge >= 0.3 is 0 Å². The van der Waals surface area contributed by atoms with Crippen LogP contribution in [0.15, 0.2) is 41.0 Å². The largest absolute Gasteiger partial charge is 0.467 e. The van der Waals surface area contributed by atoms with Crippen LogP contribution in [0.1, 0.15) is 12.2 Å². The van der Waals surface area contributed by atoms with E-state index < -0.39 is 11.8 Å². The van der Waals surface area contributed by atoms with E-state index in [9.17, 15) is 9.59 Å². The first-order valence-corrected chi connectivity index (χ1v) is 6.84. The van der Waals surface area contributed by atoms with Crippen LogP contribution in [0.5, 0.6) is 0 Å². The van der Waals surface area contributed by atoms with Crippen LogP contribution in [0.25, 0.3) is 0 Å². The normalized spacial score (nSPS) is 10.2. The number of amides is 2. The number of hydrogen-bond acceptors (Lipinski definition) is 3. The Bertz CT molecular complexity index is 642. The summed E-state index contributed by atoms with van der Waals surface area (Å²) in [6.45, 7) is 0.233. The zero-order chi connectivity index (χ0) is 15.2. The highest BCUT2D eigenvalue weighted by Gasteiger charge is 2.11. The molecule has 5 nitrogen and oxygen atoms in total. The lowest BCUT2D eigenvalue weighted by Crippen LogP contribution is -2.27. The number of halogens is 2. The molecule has 7 heteroatoms. The molecule has 0 saturated heterocycles. The minimum absolute atomic E-state index is 0.233. The molecule has 0 spiro atoms. The van der Waals surface area contributed by atoms with Gasteiger partial charge in [0.2, 0.25) is 11.8 Å². The number of rotatable bonds is 5. The Morgan fingerprint density at radius 2 is 1.95 bits per heavy atom. The summed E-state index contributed by atoms with van der Waals surface area (Å²) in [5, 5.41) is 5.90. The predicted octanol–water partition coefficient (Wildman–Crippen LogP) is 3.23. The lowest BCUT2D eigenvalue weighted by molar-refractivity contribution is -0.127. The second kappa shape index (κ2) is 7.15. The molecule has 1 aromatic heterocycles. The van der Waals surface area contributed by atoms with E-state index in [1.165, 1.54) is 12.3 Å². The zero-order valence-electron chi connectivity index (χ0n) is 10.9. The second-order valence-electron chi connectivity index (χ2n) is 4.21. The molecule has 21 heavy (non-hydrogen) atoms. The molecule has 2 N–H and O–H groups in total. The van der Waals surface area contributed by atoms with Gasteiger partial charge in [-0.2, -0.15) is 0 Å². The van der Waals surface area contributed by atoms with Gasteiger partial charge in [0.15, 0.2) is 0 Å². The van der Waals surface area contributed by atoms with Crippen molar-refractivity contribution in [2.45, 2.75) is 13.0 Å². The van der Waals surface area contributed by atoms with E-state index >= 15 is 0 Å². The molecule has 0 unspecified atom stereocenters. The Morgan fingerprint density at radius 1 is 1.14 bits per heavy atom. The van der Waals surface area contributed by atoms with Crippen molar-refractivity contribution in [2.75, 3.05) is 5.32 Å². The summed E-state index contributed by atoms with van der Waals surface area (Å²) in [5.74, 6) is -0.278. The van der Waals surface area contributed by atoms with E-state index in [0.717, 1.165) is 0 Å². The van der Waals surface area contributed by atoms with Crippen molar-refractivity contribution in [1.29, 1.82) is 0 Å². The average Bonchev–Trinajstić information content (AvgIpc) is 2.94. The Hall–Kier alpha value is -1.98. The van der Waals surface area contributed by atoms with Crippen molar-refractivity contribution in [3.05, 3.63) is 52.4 Å². The van der Waals surface area contributed by atoms with Crippen molar-refractivity contribution < 1.29 is 14.0 Å². The second-order valence-corrected chi connectivity index (χ2v) is 5.05. The summed E-state index contributed by atoms with van der Waals surface area (Å²) in [5.41, 5.74) is 0.369. The molecule has 0 fully saturated rings. The third-order valence-electron chi connectivity index (χ3n) is 2.56. The summed E-state index contributed by atoms with van der Waals surface area (Å²) >= 11 is 11.7. The molecule has 0 radical (unpaired) electrons. The fraction of sp³-hybridized carbons (Fsp3) is 0.143. The molecule has 0 bridgehead atoms. The van der Waals surface area contributed by atoms with E-state index in [0.29, 0.717) is 21.5 Å². The summed E-state index contributed by atoms with van der Waals surface area (Å²) in [4.78, 5) is 23.4. The molecular weight excluding hydrogens is 315 g/mol. The van der Waals surface area contributed by atoms with Gasteiger partial charge in [0.25, 0.3) is 0 Å². The lowest BCUT2D eigenvalue weighted by atomic mass is 10.3. The Labute approximate surface area is 131 Å². The van der Waals surface area contributed by atoms with Crippen LogP contribution < -0.4 is 10.6 Å². The molecule has 1 heterocycles. The zero-order valence-corrected chi connectivity index (χ0v) is 12.4. The number of carbonyl (C=O) groups is 2. The van der Waals surface area contributed by atoms with Gasteiger partial charge in [-0.3, -0.25) is 9.59 Å². The highest BCUT2D eigenvalue weighted by atomic mass is 35.5. The number of benzene rings is 1. The van der Waals surface area contributed by atoms with Gasteiger partial charge in [0, 0.05) is 5.02 Å². The predicted molar refractivity (Wildman–Crippen MR) is 80.3 cm³/mol. The maximum Gasteiger partial charge on any atom is 0.233 e. The summed E-state index contributed by atoms with van der Waals surface area (Å²) in [6, 6.07) is 8.13. The maximum atomic E-state index is 11.8. The maximum absolute atomic E-state index is 11.8. The molecule has 0 saturated carbocycles. The van der Waals surface area contributed by atoms with E-state index in [-0.39, 0.29) is 13.0 Å². The molecule has 2 aromatic rings. The van der Waals surface area contributed by atoms with Crippen LogP contribution in [-0.4, -0.2) is 11.8 Å². The van der Waals surface area contributed by atoms with Crippen LogP contribution in [0.4, 0.5) is 5.69 Å². The first-order valence-electron chi connectivity index (χ1n) is 6.08. The summed E-state index contributed by atoms with van der Waals surface area (Å²) in [6.07, 6.45) is 1.19. The van der Waals surface area contributed by atoms with E-state index in [2.05, 4.69) is 10.6 Å². The van der Waals surface area contributed by atoms with Gasteiger partial charge in [0.05, 0.1) is 23.5 Å². The Morgan fingerprint density at radius 3 is 2.67 bits per heavy atom. The molecule has 0 aliphatic heterocycles. The van der Waals surface area contributed by atoms with Crippen molar-refractivity contribution >= 4 is 40.7 Å².